The topological polar surface area (TPSA) is 68.8 Å². The van der Waals surface area contributed by atoms with Gasteiger partial charge >= 0.3 is 0 Å². The van der Waals surface area contributed by atoms with Gasteiger partial charge in [0.15, 0.2) is 0 Å². The number of nitrogens with zero attached hydrogens (tertiary/aromatic N) is 3. The van der Waals surface area contributed by atoms with E-state index < -0.39 is 0 Å². The number of halogens is 1. The monoisotopic (exact) mass is 265 g/mol. The van der Waals surface area contributed by atoms with Crippen molar-refractivity contribution in [3.63, 3.8) is 0 Å². The van der Waals surface area contributed by atoms with E-state index in [0.717, 1.165) is 21.8 Å². The van der Waals surface area contributed by atoms with Crippen LogP contribution in [0, 0.1) is 6.92 Å². The van der Waals surface area contributed by atoms with Crippen molar-refractivity contribution in [1.29, 1.82) is 0 Å². The molecule has 5 nitrogen and oxygen atoms in total. The maximum absolute atomic E-state index is 5.95. The fourth-order valence-electron chi connectivity index (χ4n) is 1.99. The molecule has 0 saturated heterocycles. The third-order valence-electron chi connectivity index (χ3n) is 2.87. The van der Waals surface area contributed by atoms with E-state index in [-0.39, 0.29) is 6.04 Å². The summed E-state index contributed by atoms with van der Waals surface area (Å²) in [6, 6.07) is 5.78. The van der Waals surface area contributed by atoms with Crippen LogP contribution in [0.5, 0.6) is 0 Å². The first kappa shape index (κ1) is 13.0. The first-order valence-electron chi connectivity index (χ1n) is 5.67. The van der Waals surface area contributed by atoms with Crippen LogP contribution in [0.25, 0.3) is 0 Å². The highest BCUT2D eigenvalue weighted by atomic mass is 35.5. The quantitative estimate of drug-likeness (QED) is 0.650. The fraction of sp³-hybridized carbons (Fsp3) is 0.333. The van der Waals surface area contributed by atoms with Crippen molar-refractivity contribution in [2.45, 2.75) is 19.4 Å². The van der Waals surface area contributed by atoms with Crippen molar-refractivity contribution < 1.29 is 0 Å². The average Bonchev–Trinajstić information content (AvgIpc) is 2.72. The van der Waals surface area contributed by atoms with Gasteiger partial charge in [-0.3, -0.25) is 16.0 Å². The van der Waals surface area contributed by atoms with E-state index in [1.165, 1.54) is 0 Å². The normalized spacial score (nSPS) is 12.7. The second kappa shape index (κ2) is 5.48. The van der Waals surface area contributed by atoms with E-state index in [1.54, 1.807) is 4.68 Å². The molecule has 1 aromatic heterocycles. The smallest absolute Gasteiger partial charge is 0.0846 e. The Kier molecular flexibility index (Phi) is 3.96. The van der Waals surface area contributed by atoms with Gasteiger partial charge in [0.05, 0.1) is 11.7 Å². The highest BCUT2D eigenvalue weighted by Crippen LogP contribution is 2.23. The standard InChI is InChI=1S/C12H16ClN5/c1-8-5-9(13)3-4-11(8)12(15-14)6-10-7-18(2)17-16-10/h3-5,7,12,15H,6,14H2,1-2H3. The van der Waals surface area contributed by atoms with E-state index in [2.05, 4.69) is 15.7 Å². The molecule has 0 bridgehead atoms. The summed E-state index contributed by atoms with van der Waals surface area (Å²) in [6.45, 7) is 2.02. The van der Waals surface area contributed by atoms with Crippen LogP contribution >= 0.6 is 11.6 Å². The van der Waals surface area contributed by atoms with Crippen LogP contribution in [0.4, 0.5) is 0 Å². The van der Waals surface area contributed by atoms with Crippen molar-refractivity contribution in [3.05, 3.63) is 46.2 Å². The number of hydrogen-bond donors (Lipinski definition) is 2. The summed E-state index contributed by atoms with van der Waals surface area (Å²) in [4.78, 5) is 0. The SMILES string of the molecule is Cc1cc(Cl)ccc1C(Cc1cn(C)nn1)NN. The number of aryl methyl sites for hydroxylation is 2. The lowest BCUT2D eigenvalue weighted by atomic mass is 9.98. The Hall–Kier alpha value is -1.43. The Morgan fingerprint density at radius 1 is 1.50 bits per heavy atom. The van der Waals surface area contributed by atoms with Crippen LogP contribution in [-0.4, -0.2) is 15.0 Å². The lowest BCUT2D eigenvalue weighted by Gasteiger charge is -2.17. The molecule has 1 heterocycles. The molecule has 0 aliphatic rings. The summed E-state index contributed by atoms with van der Waals surface area (Å²) in [5.41, 5.74) is 5.94. The number of hydrazine groups is 1. The lowest BCUT2D eigenvalue weighted by Crippen LogP contribution is -2.30. The van der Waals surface area contributed by atoms with Crippen LogP contribution in [0.1, 0.15) is 22.9 Å². The van der Waals surface area contributed by atoms with Crippen molar-refractivity contribution in [2.75, 3.05) is 0 Å². The first-order chi connectivity index (χ1) is 8.60. The Labute approximate surface area is 111 Å². The highest BCUT2D eigenvalue weighted by molar-refractivity contribution is 6.30. The number of benzene rings is 1. The van der Waals surface area contributed by atoms with E-state index in [9.17, 15) is 0 Å². The minimum absolute atomic E-state index is 0.000957. The number of hydrogen-bond acceptors (Lipinski definition) is 4. The molecule has 0 spiro atoms. The second-order valence-electron chi connectivity index (χ2n) is 4.31. The van der Waals surface area contributed by atoms with Crippen molar-refractivity contribution in [3.8, 4) is 0 Å². The number of nitrogens with one attached hydrogen (secondary N) is 1. The summed E-state index contributed by atoms with van der Waals surface area (Å²) < 4.78 is 1.68. The average molecular weight is 266 g/mol. The van der Waals surface area contributed by atoms with E-state index in [4.69, 9.17) is 17.4 Å². The van der Waals surface area contributed by atoms with Gasteiger partial charge < -0.3 is 0 Å². The molecule has 18 heavy (non-hydrogen) atoms. The minimum atomic E-state index is -0.000957. The van der Waals surface area contributed by atoms with Gasteiger partial charge in [0, 0.05) is 24.7 Å². The van der Waals surface area contributed by atoms with E-state index >= 15 is 0 Å². The molecule has 3 N–H and O–H groups in total. The zero-order valence-corrected chi connectivity index (χ0v) is 11.1. The Balaban J connectivity index is 2.22. The predicted molar refractivity (Wildman–Crippen MR) is 71.0 cm³/mol. The third kappa shape index (κ3) is 2.87. The van der Waals surface area contributed by atoms with Crippen LogP contribution in [0.3, 0.4) is 0 Å². The van der Waals surface area contributed by atoms with E-state index in [1.807, 2.05) is 38.4 Å². The molecule has 0 aliphatic heterocycles. The van der Waals surface area contributed by atoms with Gasteiger partial charge in [-0.2, -0.15) is 0 Å². The molecule has 6 heteroatoms. The molecular formula is C12H16ClN5. The molecule has 0 radical (unpaired) electrons. The van der Waals surface area contributed by atoms with Gasteiger partial charge in [0.25, 0.3) is 0 Å². The summed E-state index contributed by atoms with van der Waals surface area (Å²) in [7, 11) is 1.84. The number of aromatic nitrogens is 3. The summed E-state index contributed by atoms with van der Waals surface area (Å²) >= 11 is 5.95. The number of rotatable bonds is 4. The molecule has 1 unspecified atom stereocenters. The van der Waals surface area contributed by atoms with Gasteiger partial charge in [-0.25, -0.2) is 0 Å². The van der Waals surface area contributed by atoms with Gasteiger partial charge in [-0.05, 0) is 30.2 Å². The van der Waals surface area contributed by atoms with Crippen LogP contribution in [0.15, 0.2) is 24.4 Å². The van der Waals surface area contributed by atoms with Crippen LogP contribution in [0.2, 0.25) is 5.02 Å². The first-order valence-corrected chi connectivity index (χ1v) is 6.05. The molecule has 0 aliphatic carbocycles. The Morgan fingerprint density at radius 2 is 2.28 bits per heavy atom. The van der Waals surface area contributed by atoms with Crippen molar-refractivity contribution in [1.82, 2.24) is 20.4 Å². The summed E-state index contributed by atoms with van der Waals surface area (Å²) in [5, 5.41) is 8.71. The predicted octanol–water partition coefficient (Wildman–Crippen LogP) is 1.52. The molecule has 2 rings (SSSR count). The zero-order valence-electron chi connectivity index (χ0n) is 10.4. The van der Waals surface area contributed by atoms with Gasteiger partial charge in [-0.15, -0.1) is 5.10 Å². The maximum Gasteiger partial charge on any atom is 0.0846 e. The Morgan fingerprint density at radius 3 is 2.83 bits per heavy atom. The second-order valence-corrected chi connectivity index (χ2v) is 4.74. The molecule has 0 amide bonds. The molecule has 0 fully saturated rings. The minimum Gasteiger partial charge on any atom is -0.271 e. The summed E-state index contributed by atoms with van der Waals surface area (Å²) in [5.74, 6) is 5.63. The van der Waals surface area contributed by atoms with Crippen molar-refractivity contribution >= 4 is 11.6 Å². The maximum atomic E-state index is 5.95. The van der Waals surface area contributed by atoms with Crippen LogP contribution in [-0.2, 0) is 13.5 Å². The van der Waals surface area contributed by atoms with Crippen LogP contribution < -0.4 is 11.3 Å². The Bertz CT molecular complexity index is 537. The molecule has 2 aromatic rings. The number of nitrogens with two attached hydrogens (primary N) is 1. The lowest BCUT2D eigenvalue weighted by molar-refractivity contribution is 0.543. The largest absolute Gasteiger partial charge is 0.271 e. The van der Waals surface area contributed by atoms with Crippen molar-refractivity contribution in [2.24, 2.45) is 12.9 Å². The summed E-state index contributed by atoms with van der Waals surface area (Å²) in [6.07, 6.45) is 2.57. The van der Waals surface area contributed by atoms with E-state index in [0.29, 0.717) is 6.42 Å². The molecular weight excluding hydrogens is 250 g/mol. The molecule has 0 saturated carbocycles. The van der Waals surface area contributed by atoms with Gasteiger partial charge in [-0.1, -0.05) is 22.9 Å². The molecule has 1 atom stereocenters. The fourth-order valence-corrected chi connectivity index (χ4v) is 2.21. The third-order valence-corrected chi connectivity index (χ3v) is 3.11. The molecule has 1 aromatic carbocycles. The molecule has 96 valence electrons. The zero-order chi connectivity index (χ0) is 13.1. The van der Waals surface area contributed by atoms with Gasteiger partial charge in [0.1, 0.15) is 0 Å². The van der Waals surface area contributed by atoms with Gasteiger partial charge in [0.2, 0.25) is 0 Å². The highest BCUT2D eigenvalue weighted by Gasteiger charge is 2.14.